The normalized spacial score (nSPS) is 11.9. The summed E-state index contributed by atoms with van der Waals surface area (Å²) in [5, 5.41) is 11.0. The Kier molecular flexibility index (Phi) is 3.89. The van der Waals surface area contributed by atoms with Gasteiger partial charge in [-0.05, 0) is 41.1 Å². The molecular weight excluding hydrogens is 276 g/mol. The molecule has 1 aromatic rings. The Bertz CT molecular complexity index is 434. The summed E-state index contributed by atoms with van der Waals surface area (Å²) in [5.41, 5.74) is 6.29. The lowest BCUT2D eigenvalue weighted by atomic mass is 10.2. The first-order valence-corrected chi connectivity index (χ1v) is 5.30. The summed E-state index contributed by atoms with van der Waals surface area (Å²) in [6, 6.07) is 3.81. The van der Waals surface area contributed by atoms with Crippen molar-refractivity contribution in [2.24, 2.45) is 0 Å². The van der Waals surface area contributed by atoms with Crippen molar-refractivity contribution in [1.29, 1.82) is 0 Å². The number of amides is 1. The van der Waals surface area contributed by atoms with Crippen LogP contribution in [0.3, 0.4) is 0 Å². The largest absolute Gasteiger partial charge is 0.480 e. The quantitative estimate of drug-likeness (QED) is 0.729. The predicted molar refractivity (Wildman–Crippen MR) is 63.1 cm³/mol. The maximum Gasteiger partial charge on any atom is 0.325 e. The Morgan fingerprint density at radius 2 is 2.12 bits per heavy atom. The van der Waals surface area contributed by atoms with Gasteiger partial charge in [0.2, 0.25) is 0 Å². The fraction of sp³-hybridized carbons (Fsp3) is 0.200. The molecule has 0 spiro atoms. The minimum Gasteiger partial charge on any atom is -0.480 e. The monoisotopic (exact) mass is 286 g/mol. The maximum absolute atomic E-state index is 11.7. The molecule has 0 saturated heterocycles. The highest BCUT2D eigenvalue weighted by Crippen LogP contribution is 2.19. The van der Waals surface area contributed by atoms with Crippen LogP contribution in [0.1, 0.15) is 17.3 Å². The number of rotatable bonds is 3. The number of carboxylic acids is 1. The highest BCUT2D eigenvalue weighted by molar-refractivity contribution is 9.10. The van der Waals surface area contributed by atoms with Gasteiger partial charge in [0.1, 0.15) is 6.04 Å². The number of hydrogen-bond donors (Lipinski definition) is 3. The zero-order valence-electron chi connectivity index (χ0n) is 8.53. The van der Waals surface area contributed by atoms with Gasteiger partial charge in [-0.15, -0.1) is 0 Å². The molecule has 86 valence electrons. The molecular formula is C10H11BrN2O3. The zero-order valence-corrected chi connectivity index (χ0v) is 10.1. The number of carbonyl (C=O) groups excluding carboxylic acids is 1. The Labute approximate surface area is 101 Å². The van der Waals surface area contributed by atoms with E-state index in [0.717, 1.165) is 0 Å². The van der Waals surface area contributed by atoms with Gasteiger partial charge in [0.15, 0.2) is 0 Å². The molecule has 0 saturated carbocycles. The second kappa shape index (κ2) is 4.98. The number of halogens is 1. The summed E-state index contributed by atoms with van der Waals surface area (Å²) in [6.45, 7) is 1.39. The highest BCUT2D eigenvalue weighted by Gasteiger charge is 2.17. The van der Waals surface area contributed by atoms with Gasteiger partial charge >= 0.3 is 5.97 Å². The van der Waals surface area contributed by atoms with Crippen LogP contribution >= 0.6 is 15.9 Å². The number of aliphatic carboxylic acids is 1. The molecule has 1 amide bonds. The Morgan fingerprint density at radius 1 is 1.50 bits per heavy atom. The van der Waals surface area contributed by atoms with E-state index >= 15 is 0 Å². The first-order chi connectivity index (χ1) is 7.41. The second-order valence-corrected chi connectivity index (χ2v) is 4.13. The van der Waals surface area contributed by atoms with Crippen molar-refractivity contribution >= 4 is 33.5 Å². The van der Waals surface area contributed by atoms with Gasteiger partial charge in [-0.1, -0.05) is 0 Å². The first kappa shape index (κ1) is 12.5. The number of carbonyl (C=O) groups is 2. The minimum atomic E-state index is -1.09. The lowest BCUT2D eigenvalue weighted by Gasteiger charge is -2.10. The third-order valence-electron chi connectivity index (χ3n) is 1.95. The summed E-state index contributed by atoms with van der Waals surface area (Å²) in [7, 11) is 0. The molecule has 0 aliphatic heterocycles. The maximum atomic E-state index is 11.7. The topological polar surface area (TPSA) is 92.4 Å². The molecule has 16 heavy (non-hydrogen) atoms. The lowest BCUT2D eigenvalue weighted by Crippen LogP contribution is -2.38. The Morgan fingerprint density at radius 3 is 2.69 bits per heavy atom. The van der Waals surface area contributed by atoms with Gasteiger partial charge in [-0.3, -0.25) is 9.59 Å². The van der Waals surface area contributed by atoms with E-state index in [1.165, 1.54) is 13.0 Å². The van der Waals surface area contributed by atoms with Gasteiger partial charge in [-0.25, -0.2) is 0 Å². The first-order valence-electron chi connectivity index (χ1n) is 4.50. The van der Waals surface area contributed by atoms with E-state index in [0.29, 0.717) is 15.7 Å². The predicted octanol–water partition coefficient (Wildman–Crippen LogP) is 1.23. The molecule has 0 radical (unpaired) electrons. The van der Waals surface area contributed by atoms with Gasteiger partial charge in [0.05, 0.1) is 5.56 Å². The van der Waals surface area contributed by atoms with E-state index in [1.807, 2.05) is 0 Å². The summed E-state index contributed by atoms with van der Waals surface area (Å²) in [5.74, 6) is -1.57. The van der Waals surface area contributed by atoms with E-state index in [2.05, 4.69) is 21.2 Å². The number of nitrogen functional groups attached to an aromatic ring is 1. The molecule has 0 fully saturated rings. The molecule has 4 N–H and O–H groups in total. The van der Waals surface area contributed by atoms with Crippen LogP contribution < -0.4 is 11.1 Å². The smallest absolute Gasteiger partial charge is 0.325 e. The van der Waals surface area contributed by atoms with Crippen LogP contribution in [0.4, 0.5) is 5.69 Å². The van der Waals surface area contributed by atoms with E-state index in [-0.39, 0.29) is 0 Å². The molecule has 0 aliphatic rings. The van der Waals surface area contributed by atoms with Gasteiger partial charge in [-0.2, -0.15) is 0 Å². The number of carboxylic acid groups (broad SMARTS) is 1. The molecule has 6 heteroatoms. The minimum absolute atomic E-state index is 0.313. The molecule has 1 aromatic carbocycles. The standard InChI is InChI=1S/C10H11BrN2O3/c1-5(10(15)16)13-9(14)7-4-6(12)2-3-8(7)11/h2-5H,12H2,1H3,(H,13,14)(H,15,16). The molecule has 1 atom stereocenters. The Balaban J connectivity index is 2.88. The van der Waals surface area contributed by atoms with Crippen molar-refractivity contribution in [1.82, 2.24) is 5.32 Å². The van der Waals surface area contributed by atoms with E-state index in [9.17, 15) is 9.59 Å². The third kappa shape index (κ3) is 2.96. The van der Waals surface area contributed by atoms with Crippen molar-refractivity contribution in [3.05, 3.63) is 28.2 Å². The highest BCUT2D eigenvalue weighted by atomic mass is 79.9. The number of nitrogens with two attached hydrogens (primary N) is 1. The second-order valence-electron chi connectivity index (χ2n) is 3.27. The van der Waals surface area contributed by atoms with Crippen LogP contribution in [-0.2, 0) is 4.79 Å². The molecule has 0 bridgehead atoms. The fourth-order valence-electron chi connectivity index (χ4n) is 1.05. The third-order valence-corrected chi connectivity index (χ3v) is 2.64. The average molecular weight is 287 g/mol. The lowest BCUT2D eigenvalue weighted by molar-refractivity contribution is -0.138. The van der Waals surface area contributed by atoms with E-state index in [1.54, 1.807) is 12.1 Å². The summed E-state index contributed by atoms with van der Waals surface area (Å²) in [6.07, 6.45) is 0. The van der Waals surface area contributed by atoms with Crippen LogP contribution in [0.25, 0.3) is 0 Å². The van der Waals surface area contributed by atoms with Crippen LogP contribution in [0, 0.1) is 0 Å². The van der Waals surface area contributed by atoms with E-state index < -0.39 is 17.9 Å². The zero-order chi connectivity index (χ0) is 12.3. The average Bonchev–Trinajstić information content (AvgIpc) is 2.21. The van der Waals surface area contributed by atoms with Crippen molar-refractivity contribution < 1.29 is 14.7 Å². The van der Waals surface area contributed by atoms with Gasteiger partial charge in [0, 0.05) is 10.2 Å². The number of benzene rings is 1. The van der Waals surface area contributed by atoms with Gasteiger partial charge < -0.3 is 16.2 Å². The number of anilines is 1. The van der Waals surface area contributed by atoms with Crippen LogP contribution in [0.15, 0.2) is 22.7 Å². The van der Waals surface area contributed by atoms with Crippen LogP contribution in [0.5, 0.6) is 0 Å². The number of hydrogen-bond acceptors (Lipinski definition) is 3. The molecule has 1 rings (SSSR count). The summed E-state index contributed by atoms with van der Waals surface area (Å²) < 4.78 is 0.566. The molecule has 0 heterocycles. The fourth-order valence-corrected chi connectivity index (χ4v) is 1.48. The van der Waals surface area contributed by atoms with Crippen molar-refractivity contribution in [2.75, 3.05) is 5.73 Å². The summed E-state index contributed by atoms with van der Waals surface area (Å²) >= 11 is 3.19. The molecule has 1 unspecified atom stereocenters. The molecule has 0 aromatic heterocycles. The molecule has 5 nitrogen and oxygen atoms in total. The van der Waals surface area contributed by atoms with Gasteiger partial charge in [0.25, 0.3) is 5.91 Å². The van der Waals surface area contributed by atoms with Crippen molar-refractivity contribution in [3.63, 3.8) is 0 Å². The van der Waals surface area contributed by atoms with Crippen molar-refractivity contribution in [2.45, 2.75) is 13.0 Å². The molecule has 0 aliphatic carbocycles. The SMILES string of the molecule is CC(NC(=O)c1cc(N)ccc1Br)C(=O)O. The summed E-state index contributed by atoms with van der Waals surface area (Å²) in [4.78, 5) is 22.2. The van der Waals surface area contributed by atoms with E-state index in [4.69, 9.17) is 10.8 Å². The Hall–Kier alpha value is -1.56. The van der Waals surface area contributed by atoms with Crippen LogP contribution in [-0.4, -0.2) is 23.0 Å². The number of nitrogens with one attached hydrogen (secondary N) is 1. The van der Waals surface area contributed by atoms with Crippen LogP contribution in [0.2, 0.25) is 0 Å². The van der Waals surface area contributed by atoms with Crippen molar-refractivity contribution in [3.8, 4) is 0 Å².